The fourth-order valence-corrected chi connectivity index (χ4v) is 0. The second-order valence-electron chi connectivity index (χ2n) is 0.289. The summed E-state index contributed by atoms with van der Waals surface area (Å²) >= 11 is 0. The van der Waals surface area contributed by atoms with Gasteiger partial charge in [0.1, 0.15) is 0 Å². The van der Waals surface area contributed by atoms with Crippen molar-refractivity contribution >= 4 is 37.7 Å². The summed E-state index contributed by atoms with van der Waals surface area (Å²) in [6, 6.07) is 0. The Bertz CT molecular complexity index is 9.61. The molecule has 1 nitrogen and oxygen atoms in total. The minimum Gasteiger partial charge on any atom is -1.00 e. The summed E-state index contributed by atoms with van der Waals surface area (Å²) in [6.45, 7) is 1.57. The summed E-state index contributed by atoms with van der Waals surface area (Å²) in [5.74, 6) is 0. The first-order chi connectivity index (χ1) is 1.41. The molecule has 0 fully saturated rings. The van der Waals surface area contributed by atoms with Crippen molar-refractivity contribution in [3.8, 4) is 0 Å². The molecule has 0 aliphatic rings. The van der Waals surface area contributed by atoms with Gasteiger partial charge >= 0.3 is 37.7 Å². The molecule has 0 aliphatic heterocycles. The van der Waals surface area contributed by atoms with Crippen LogP contribution >= 0.6 is 0 Å². The Kier molecular flexibility index (Phi) is 52.8. The molecular weight excluding hydrogens is 207 g/mol. The van der Waals surface area contributed by atoms with Crippen LogP contribution in [0.5, 0.6) is 0 Å². The Labute approximate surface area is 79.2 Å². The predicted octanol–water partition coefficient (Wildman–Crippen LogP) is -4.01. The van der Waals surface area contributed by atoms with Gasteiger partial charge in [0.05, 0.1) is 0 Å². The second kappa shape index (κ2) is 16.8. The molecule has 0 saturated carbocycles. The molecule has 0 N–H and O–H groups in total. The molecule has 5 heavy (non-hydrogen) atoms. The zero-order chi connectivity index (χ0) is 2.71. The van der Waals surface area contributed by atoms with Gasteiger partial charge in [-0.3, -0.25) is 0 Å². The first kappa shape index (κ1) is 15.8. The van der Waals surface area contributed by atoms with Crippen molar-refractivity contribution in [2.45, 2.75) is 6.92 Å². The third-order valence-electron chi connectivity index (χ3n) is 0. The average molecular weight is 212 g/mol. The topological polar surface area (TPSA) is 23.1 Å². The molecule has 0 bridgehead atoms. The average Bonchev–Trinajstić information content (AvgIpc) is 0.918. The summed E-state index contributed by atoms with van der Waals surface area (Å²) in [5.41, 5.74) is 0. The molecule has 0 heterocycles. The number of rotatable bonds is 0. The minimum absolute atomic E-state index is 0. The summed E-state index contributed by atoms with van der Waals surface area (Å²) in [5, 5.41) is 8.93. The standard InChI is InChI=1S/C2H5O.Ca.HI/c1-2-3;;/h2H2,1H3;;1H/q-1;+2;/p-1. The monoisotopic (exact) mass is 212 g/mol. The van der Waals surface area contributed by atoms with Gasteiger partial charge in [-0.2, -0.15) is 0 Å². The van der Waals surface area contributed by atoms with Crippen LogP contribution in [0.2, 0.25) is 0 Å². The molecule has 0 aliphatic carbocycles. The Morgan fingerprint density at radius 2 is 1.60 bits per heavy atom. The molecule has 0 spiro atoms. The SMILES string of the molecule is CC[O-].[Ca+2].[I-]. The van der Waals surface area contributed by atoms with E-state index in [9.17, 15) is 0 Å². The number of hydrogen-bond donors (Lipinski definition) is 0. The maximum absolute atomic E-state index is 8.93. The van der Waals surface area contributed by atoms with Crippen LogP contribution in [-0.4, -0.2) is 44.3 Å². The van der Waals surface area contributed by atoms with E-state index in [1.165, 1.54) is 0 Å². The normalized spacial score (nSPS) is 3.60. The van der Waals surface area contributed by atoms with E-state index in [1.807, 2.05) is 0 Å². The van der Waals surface area contributed by atoms with Crippen molar-refractivity contribution in [3.05, 3.63) is 0 Å². The molecular formula is C2H5CaIO. The van der Waals surface area contributed by atoms with Gasteiger partial charge in [0.2, 0.25) is 0 Å². The molecule has 0 aromatic heterocycles. The van der Waals surface area contributed by atoms with E-state index in [-0.39, 0.29) is 68.3 Å². The second-order valence-corrected chi connectivity index (χ2v) is 0.289. The van der Waals surface area contributed by atoms with Gasteiger partial charge in [0.25, 0.3) is 0 Å². The summed E-state index contributed by atoms with van der Waals surface area (Å²) in [7, 11) is 0. The Hall–Kier alpha value is 1.95. The number of hydrogen-bond acceptors (Lipinski definition) is 1. The van der Waals surface area contributed by atoms with Gasteiger partial charge in [0.15, 0.2) is 0 Å². The molecule has 3 heteroatoms. The van der Waals surface area contributed by atoms with E-state index >= 15 is 0 Å². The van der Waals surface area contributed by atoms with Crippen LogP contribution in [0.3, 0.4) is 0 Å². The van der Waals surface area contributed by atoms with Crippen LogP contribution in [0.25, 0.3) is 0 Å². The van der Waals surface area contributed by atoms with Crippen molar-refractivity contribution in [1.29, 1.82) is 0 Å². The van der Waals surface area contributed by atoms with E-state index in [2.05, 4.69) is 0 Å². The molecule has 0 aromatic carbocycles. The number of halogens is 1. The Morgan fingerprint density at radius 3 is 1.60 bits per heavy atom. The van der Waals surface area contributed by atoms with Crippen molar-refractivity contribution in [2.24, 2.45) is 0 Å². The molecule has 28 valence electrons. The third-order valence-corrected chi connectivity index (χ3v) is 0. The first-order valence-corrected chi connectivity index (χ1v) is 0.996. The van der Waals surface area contributed by atoms with Gasteiger partial charge in [-0.05, 0) is 0 Å². The molecule has 0 unspecified atom stereocenters. The van der Waals surface area contributed by atoms with Crippen LogP contribution in [0.1, 0.15) is 6.92 Å². The molecule has 0 aromatic rings. The van der Waals surface area contributed by atoms with Gasteiger partial charge < -0.3 is 29.1 Å². The van der Waals surface area contributed by atoms with Crippen LogP contribution in [-0.2, 0) is 0 Å². The smallest absolute Gasteiger partial charge is 1.00 e. The minimum atomic E-state index is 0. The molecule has 0 rings (SSSR count). The Balaban J connectivity index is -0.0000000200. The van der Waals surface area contributed by atoms with Crippen molar-refractivity contribution < 1.29 is 29.1 Å². The third kappa shape index (κ3) is 24.4. The van der Waals surface area contributed by atoms with E-state index in [4.69, 9.17) is 5.11 Å². The van der Waals surface area contributed by atoms with Crippen LogP contribution in [0, 0.1) is 0 Å². The van der Waals surface area contributed by atoms with E-state index in [0.29, 0.717) is 0 Å². The van der Waals surface area contributed by atoms with Gasteiger partial charge in [-0.15, -0.1) is 6.61 Å². The molecule has 0 amide bonds. The molecule has 0 atom stereocenters. The van der Waals surface area contributed by atoms with Crippen molar-refractivity contribution in [2.75, 3.05) is 6.61 Å². The quantitative estimate of drug-likeness (QED) is 0.296. The van der Waals surface area contributed by atoms with Gasteiger partial charge in [-0.25, -0.2) is 0 Å². The summed E-state index contributed by atoms with van der Waals surface area (Å²) < 4.78 is 0. The van der Waals surface area contributed by atoms with Crippen molar-refractivity contribution in [3.63, 3.8) is 0 Å². The fourth-order valence-electron chi connectivity index (χ4n) is 0. The summed E-state index contributed by atoms with van der Waals surface area (Å²) in [6.07, 6.45) is 0. The van der Waals surface area contributed by atoms with E-state index in [1.54, 1.807) is 6.92 Å². The van der Waals surface area contributed by atoms with Gasteiger partial charge in [-0.1, -0.05) is 6.92 Å². The van der Waals surface area contributed by atoms with Crippen LogP contribution < -0.4 is 29.1 Å². The first-order valence-electron chi connectivity index (χ1n) is 0.996. The van der Waals surface area contributed by atoms with Crippen molar-refractivity contribution in [1.82, 2.24) is 0 Å². The van der Waals surface area contributed by atoms with E-state index < -0.39 is 0 Å². The predicted molar refractivity (Wildman–Crippen MR) is 16.3 cm³/mol. The van der Waals surface area contributed by atoms with Crippen LogP contribution in [0.4, 0.5) is 0 Å². The molecule has 0 radical (unpaired) electrons. The maximum Gasteiger partial charge on any atom is 2.00 e. The zero-order valence-electron chi connectivity index (χ0n) is 3.20. The maximum atomic E-state index is 8.93. The fraction of sp³-hybridized carbons (Fsp3) is 1.00. The Morgan fingerprint density at radius 1 is 1.60 bits per heavy atom. The van der Waals surface area contributed by atoms with Gasteiger partial charge in [0, 0.05) is 0 Å². The zero-order valence-corrected chi connectivity index (χ0v) is 7.57. The summed E-state index contributed by atoms with van der Waals surface area (Å²) in [4.78, 5) is 0. The van der Waals surface area contributed by atoms with E-state index in [0.717, 1.165) is 0 Å². The largest absolute Gasteiger partial charge is 2.00 e. The molecule has 0 saturated heterocycles. The van der Waals surface area contributed by atoms with Crippen LogP contribution in [0.15, 0.2) is 0 Å².